The molecule has 1 aromatic rings. The SMILES string of the molecule is C=CCNC(=O)C(=O)C(CCC)NC(=O)C1CCCN1C(=O)C(NCNC(C(=O)C1CC1)C1CCCCC1)C1Cc2ccccc2C1. The van der Waals surface area contributed by atoms with Crippen molar-refractivity contribution in [2.75, 3.05) is 19.8 Å². The molecule has 4 atom stereocenters. The van der Waals surface area contributed by atoms with Gasteiger partial charge < -0.3 is 15.5 Å². The molecule has 0 spiro atoms. The summed E-state index contributed by atoms with van der Waals surface area (Å²) in [5, 5.41) is 12.4. The number of ketones is 2. The van der Waals surface area contributed by atoms with Gasteiger partial charge in [0.2, 0.25) is 17.6 Å². The summed E-state index contributed by atoms with van der Waals surface area (Å²) in [4.78, 5) is 68.4. The molecule has 256 valence electrons. The van der Waals surface area contributed by atoms with Crippen LogP contribution < -0.4 is 21.3 Å². The Morgan fingerprint density at radius 2 is 1.57 bits per heavy atom. The van der Waals surface area contributed by atoms with Crippen LogP contribution in [0.2, 0.25) is 0 Å². The van der Waals surface area contributed by atoms with Crippen LogP contribution in [0, 0.1) is 17.8 Å². The largest absolute Gasteiger partial charge is 0.346 e. The first-order valence-electron chi connectivity index (χ1n) is 17.9. The van der Waals surface area contributed by atoms with E-state index < -0.39 is 35.7 Å². The Balaban J connectivity index is 1.29. The molecule has 1 saturated heterocycles. The summed E-state index contributed by atoms with van der Waals surface area (Å²) in [5.74, 6) is -1.18. The summed E-state index contributed by atoms with van der Waals surface area (Å²) in [6.07, 6.45) is 12.7. The fraction of sp³-hybridized carbons (Fsp3) is 0.649. The maximum Gasteiger partial charge on any atom is 0.289 e. The van der Waals surface area contributed by atoms with Gasteiger partial charge >= 0.3 is 0 Å². The zero-order valence-corrected chi connectivity index (χ0v) is 27.9. The van der Waals surface area contributed by atoms with Crippen molar-refractivity contribution in [1.29, 1.82) is 0 Å². The zero-order valence-electron chi connectivity index (χ0n) is 27.9. The number of carbonyl (C=O) groups is 5. The molecule has 1 aromatic carbocycles. The third-order valence-electron chi connectivity index (χ3n) is 10.6. The number of amides is 3. The van der Waals surface area contributed by atoms with E-state index in [1.807, 2.05) is 19.1 Å². The first-order chi connectivity index (χ1) is 22.8. The molecule has 10 nitrogen and oxygen atoms in total. The number of hydrogen-bond donors (Lipinski definition) is 4. The summed E-state index contributed by atoms with van der Waals surface area (Å²) in [6.45, 7) is 6.39. The minimum absolute atomic E-state index is 0.00116. The molecule has 47 heavy (non-hydrogen) atoms. The highest BCUT2D eigenvalue weighted by Gasteiger charge is 2.43. The lowest BCUT2D eigenvalue weighted by Gasteiger charge is -2.34. The Hall–Kier alpha value is -3.37. The number of nitrogens with one attached hydrogen (secondary N) is 4. The van der Waals surface area contributed by atoms with Crippen LogP contribution in [-0.4, -0.2) is 78.1 Å². The predicted molar refractivity (Wildman–Crippen MR) is 180 cm³/mol. The van der Waals surface area contributed by atoms with Crippen molar-refractivity contribution >= 4 is 29.3 Å². The van der Waals surface area contributed by atoms with Gasteiger partial charge in [-0.25, -0.2) is 0 Å². The van der Waals surface area contributed by atoms with Gasteiger partial charge in [-0.3, -0.25) is 34.6 Å². The van der Waals surface area contributed by atoms with Crippen LogP contribution in [0.15, 0.2) is 36.9 Å². The molecule has 4 aliphatic rings. The lowest BCUT2D eigenvalue weighted by atomic mass is 9.81. The van der Waals surface area contributed by atoms with Gasteiger partial charge in [0.1, 0.15) is 6.04 Å². The van der Waals surface area contributed by atoms with E-state index in [1.54, 1.807) is 4.90 Å². The molecule has 4 unspecified atom stereocenters. The van der Waals surface area contributed by atoms with E-state index >= 15 is 0 Å². The predicted octanol–water partition coefficient (Wildman–Crippen LogP) is 2.98. The molecule has 3 amide bonds. The Kier molecular flexibility index (Phi) is 12.4. The average molecular weight is 648 g/mol. The van der Waals surface area contributed by atoms with Gasteiger partial charge in [-0.15, -0.1) is 6.58 Å². The highest BCUT2D eigenvalue weighted by molar-refractivity contribution is 6.38. The molecular weight excluding hydrogens is 594 g/mol. The summed E-state index contributed by atoms with van der Waals surface area (Å²) in [6, 6.07) is 5.85. The van der Waals surface area contributed by atoms with Crippen molar-refractivity contribution < 1.29 is 24.0 Å². The lowest BCUT2D eigenvalue weighted by molar-refractivity contribution is -0.143. The van der Waals surface area contributed by atoms with Gasteiger partial charge in [0.05, 0.1) is 18.1 Å². The third kappa shape index (κ3) is 8.76. The van der Waals surface area contributed by atoms with Crippen LogP contribution in [0.1, 0.15) is 88.7 Å². The van der Waals surface area contributed by atoms with E-state index in [1.165, 1.54) is 23.6 Å². The van der Waals surface area contributed by atoms with Crippen LogP contribution >= 0.6 is 0 Å². The van der Waals surface area contributed by atoms with Crippen molar-refractivity contribution in [2.24, 2.45) is 17.8 Å². The van der Waals surface area contributed by atoms with Gasteiger partial charge in [-0.2, -0.15) is 0 Å². The molecule has 5 rings (SSSR count). The molecule has 1 aliphatic heterocycles. The first-order valence-corrected chi connectivity index (χ1v) is 17.9. The molecule has 10 heteroatoms. The van der Waals surface area contributed by atoms with Crippen molar-refractivity contribution in [1.82, 2.24) is 26.2 Å². The number of fused-ring (bicyclic) bond motifs is 1. The Morgan fingerprint density at radius 3 is 2.21 bits per heavy atom. The normalized spacial score (nSPS) is 21.8. The summed E-state index contributed by atoms with van der Waals surface area (Å²) in [7, 11) is 0. The van der Waals surface area contributed by atoms with E-state index in [4.69, 9.17) is 0 Å². The van der Waals surface area contributed by atoms with Gasteiger partial charge in [-0.1, -0.05) is 62.9 Å². The second-order valence-electron chi connectivity index (χ2n) is 14.0. The van der Waals surface area contributed by atoms with Gasteiger partial charge in [-0.05, 0) is 80.8 Å². The molecule has 4 N–H and O–H groups in total. The van der Waals surface area contributed by atoms with Crippen LogP contribution in [-0.2, 0) is 36.8 Å². The van der Waals surface area contributed by atoms with E-state index in [-0.39, 0.29) is 30.3 Å². The minimum atomic E-state index is -0.960. The molecule has 0 radical (unpaired) electrons. The first kappa shape index (κ1) is 35.0. The standard InChI is InChI=1S/C37H53N5O5/c1-3-11-29(34(44)36(46)38-19-4-2)41-35(45)30-16-10-20-42(30)37(47)32(28-21-26-14-8-9-15-27(26)22-28)40-23-39-31(33(43)25-17-18-25)24-12-6-5-7-13-24/h4,8-9,14-15,24-25,28-32,39-40H,2-3,5-7,10-13,16-23H2,1H3,(H,38,46)(H,41,45). The molecule has 1 heterocycles. The smallest absolute Gasteiger partial charge is 0.289 e. The minimum Gasteiger partial charge on any atom is -0.346 e. The highest BCUT2D eigenvalue weighted by Crippen LogP contribution is 2.36. The zero-order chi connectivity index (χ0) is 33.3. The van der Waals surface area contributed by atoms with E-state index in [0.717, 1.165) is 51.4 Å². The average Bonchev–Trinajstić information content (AvgIpc) is 3.66. The number of likely N-dealkylation sites (tertiary alicyclic amines) is 1. The van der Waals surface area contributed by atoms with Crippen molar-refractivity contribution in [2.45, 2.75) is 115 Å². The Labute approximate surface area is 279 Å². The second kappa shape index (κ2) is 16.6. The van der Waals surface area contributed by atoms with Crippen molar-refractivity contribution in [3.05, 3.63) is 48.0 Å². The molecular formula is C37H53N5O5. The van der Waals surface area contributed by atoms with Gasteiger partial charge in [0.15, 0.2) is 5.78 Å². The topological polar surface area (TPSA) is 137 Å². The van der Waals surface area contributed by atoms with Gasteiger partial charge in [0.25, 0.3) is 5.91 Å². The van der Waals surface area contributed by atoms with Gasteiger partial charge in [0, 0.05) is 25.7 Å². The Bertz CT molecular complexity index is 1280. The van der Waals surface area contributed by atoms with E-state index in [0.29, 0.717) is 50.6 Å². The number of hydrogen-bond acceptors (Lipinski definition) is 7. The number of rotatable bonds is 17. The van der Waals surface area contributed by atoms with Crippen molar-refractivity contribution in [3.63, 3.8) is 0 Å². The second-order valence-corrected chi connectivity index (χ2v) is 14.0. The maximum absolute atomic E-state index is 14.4. The quantitative estimate of drug-likeness (QED) is 0.116. The summed E-state index contributed by atoms with van der Waals surface area (Å²) < 4.78 is 0. The number of nitrogens with zero attached hydrogens (tertiary/aromatic N) is 1. The molecule has 0 bridgehead atoms. The summed E-state index contributed by atoms with van der Waals surface area (Å²) in [5.41, 5.74) is 2.47. The highest BCUT2D eigenvalue weighted by atomic mass is 16.2. The Morgan fingerprint density at radius 1 is 0.894 bits per heavy atom. The van der Waals surface area contributed by atoms with Crippen molar-refractivity contribution in [3.8, 4) is 0 Å². The maximum atomic E-state index is 14.4. The third-order valence-corrected chi connectivity index (χ3v) is 10.6. The molecule has 2 saturated carbocycles. The van der Waals surface area contributed by atoms with Crippen LogP contribution in [0.5, 0.6) is 0 Å². The number of Topliss-reactive ketones (excluding diaryl/α,β-unsaturated/α-hetero) is 2. The fourth-order valence-electron chi connectivity index (χ4n) is 7.87. The van der Waals surface area contributed by atoms with Crippen LogP contribution in [0.25, 0.3) is 0 Å². The molecule has 3 fully saturated rings. The number of carbonyl (C=O) groups excluding carboxylic acids is 5. The molecule has 3 aliphatic carbocycles. The lowest BCUT2D eigenvalue weighted by Crippen LogP contribution is -2.58. The summed E-state index contributed by atoms with van der Waals surface area (Å²) >= 11 is 0. The van der Waals surface area contributed by atoms with Crippen LogP contribution in [0.4, 0.5) is 0 Å². The molecule has 0 aromatic heterocycles. The monoisotopic (exact) mass is 647 g/mol. The van der Waals surface area contributed by atoms with E-state index in [2.05, 4.69) is 40.0 Å². The number of benzene rings is 1. The van der Waals surface area contributed by atoms with E-state index in [9.17, 15) is 24.0 Å². The van der Waals surface area contributed by atoms with Crippen LogP contribution in [0.3, 0.4) is 0 Å². The fourth-order valence-corrected chi connectivity index (χ4v) is 7.87.